The summed E-state index contributed by atoms with van der Waals surface area (Å²) in [5, 5.41) is 11.1. The van der Waals surface area contributed by atoms with Crippen LogP contribution in [0.5, 0.6) is 5.75 Å². The minimum absolute atomic E-state index is 0.0692. The van der Waals surface area contributed by atoms with E-state index in [1.165, 1.54) is 19.2 Å². The van der Waals surface area contributed by atoms with Crippen LogP contribution in [-0.2, 0) is 0 Å². The number of aryl methyl sites for hydroxylation is 1. The van der Waals surface area contributed by atoms with Gasteiger partial charge in [0, 0.05) is 28.6 Å². The van der Waals surface area contributed by atoms with Gasteiger partial charge in [0.25, 0.3) is 5.69 Å². The first-order chi connectivity index (χ1) is 14.3. The zero-order chi connectivity index (χ0) is 21.6. The van der Waals surface area contributed by atoms with Crippen molar-refractivity contribution in [3.63, 3.8) is 0 Å². The number of benzene rings is 2. The highest BCUT2D eigenvalue weighted by molar-refractivity contribution is 6.41. The van der Waals surface area contributed by atoms with Gasteiger partial charge in [-0.1, -0.05) is 24.3 Å². The Bertz CT molecular complexity index is 1230. The minimum Gasteiger partial charge on any atom is -0.494 e. The number of ether oxygens (including phenoxy) is 1. The standard InChI is InChI=1S/C23H18N2O5/c1-13-10-15(11-19-22(26)17-6-4-5-7-18(17)23(19)27)14(2)24(13)20-9-8-16(25(28)29)12-21(20)30-3/h4-12H,1-3H3. The van der Waals surface area contributed by atoms with Crippen molar-refractivity contribution in [2.24, 2.45) is 0 Å². The van der Waals surface area contributed by atoms with E-state index in [9.17, 15) is 19.7 Å². The number of Topliss-reactive ketones (excluding diaryl/α,β-unsaturated/α-hetero) is 2. The molecule has 2 aromatic carbocycles. The second kappa shape index (κ2) is 7.11. The Hall–Kier alpha value is -4.00. The van der Waals surface area contributed by atoms with Crippen molar-refractivity contribution >= 4 is 23.3 Å². The van der Waals surface area contributed by atoms with Crippen molar-refractivity contribution in [2.45, 2.75) is 13.8 Å². The van der Waals surface area contributed by atoms with Crippen LogP contribution in [0.15, 0.2) is 54.1 Å². The zero-order valence-electron chi connectivity index (χ0n) is 16.6. The summed E-state index contributed by atoms with van der Waals surface area (Å²) >= 11 is 0. The number of hydrogen-bond donors (Lipinski definition) is 0. The predicted molar refractivity (Wildman–Crippen MR) is 112 cm³/mol. The van der Waals surface area contributed by atoms with Crippen molar-refractivity contribution in [1.82, 2.24) is 4.57 Å². The maximum Gasteiger partial charge on any atom is 0.273 e. The van der Waals surface area contributed by atoms with Crippen molar-refractivity contribution in [3.8, 4) is 11.4 Å². The lowest BCUT2D eigenvalue weighted by Crippen LogP contribution is -2.03. The van der Waals surface area contributed by atoms with E-state index in [-0.39, 0.29) is 22.8 Å². The number of carbonyl (C=O) groups is 2. The summed E-state index contributed by atoms with van der Waals surface area (Å²) < 4.78 is 7.25. The Labute approximate surface area is 172 Å². The Balaban J connectivity index is 1.82. The molecule has 1 heterocycles. The number of nitrogens with zero attached hydrogens (tertiary/aromatic N) is 2. The van der Waals surface area contributed by atoms with Gasteiger partial charge in [0.05, 0.1) is 29.4 Å². The van der Waals surface area contributed by atoms with Gasteiger partial charge in [0.1, 0.15) is 5.75 Å². The van der Waals surface area contributed by atoms with E-state index in [2.05, 4.69) is 0 Å². The molecule has 1 aromatic heterocycles. The summed E-state index contributed by atoms with van der Waals surface area (Å²) in [4.78, 5) is 36.0. The lowest BCUT2D eigenvalue weighted by atomic mass is 10.1. The maximum atomic E-state index is 12.7. The number of rotatable bonds is 4. The molecule has 0 saturated heterocycles. The molecule has 0 spiro atoms. The average Bonchev–Trinajstić information content (AvgIpc) is 3.15. The summed E-state index contributed by atoms with van der Waals surface area (Å²) in [6, 6.07) is 13.0. The zero-order valence-corrected chi connectivity index (χ0v) is 16.6. The summed E-state index contributed by atoms with van der Waals surface area (Å²) in [6.45, 7) is 3.74. The van der Waals surface area contributed by atoms with E-state index in [1.54, 1.807) is 36.4 Å². The number of non-ortho nitro benzene ring substituents is 1. The van der Waals surface area contributed by atoms with Gasteiger partial charge in [-0.05, 0) is 37.6 Å². The van der Waals surface area contributed by atoms with Gasteiger partial charge in [-0.15, -0.1) is 0 Å². The number of aromatic nitrogens is 1. The van der Waals surface area contributed by atoms with Crippen LogP contribution < -0.4 is 4.74 Å². The Kier molecular flexibility index (Phi) is 4.58. The van der Waals surface area contributed by atoms with Crippen molar-refractivity contribution < 1.29 is 19.2 Å². The summed E-state index contributed by atoms with van der Waals surface area (Å²) in [6.07, 6.45) is 1.61. The smallest absolute Gasteiger partial charge is 0.273 e. The van der Waals surface area contributed by atoms with Crippen molar-refractivity contribution in [1.29, 1.82) is 0 Å². The molecule has 30 heavy (non-hydrogen) atoms. The van der Waals surface area contributed by atoms with Gasteiger partial charge in [-0.2, -0.15) is 0 Å². The Morgan fingerprint density at radius 1 is 1.00 bits per heavy atom. The first kappa shape index (κ1) is 19.3. The average molecular weight is 402 g/mol. The third-order valence-corrected chi connectivity index (χ3v) is 5.29. The van der Waals surface area contributed by atoms with E-state index in [0.717, 1.165) is 17.0 Å². The number of fused-ring (bicyclic) bond motifs is 1. The van der Waals surface area contributed by atoms with E-state index >= 15 is 0 Å². The molecular weight excluding hydrogens is 384 g/mol. The van der Waals surface area contributed by atoms with Crippen LogP contribution in [0.4, 0.5) is 5.69 Å². The lowest BCUT2D eigenvalue weighted by molar-refractivity contribution is -0.384. The fourth-order valence-corrected chi connectivity index (χ4v) is 3.83. The highest BCUT2D eigenvalue weighted by Crippen LogP contribution is 2.33. The number of nitro groups is 1. The molecule has 150 valence electrons. The number of hydrogen-bond acceptors (Lipinski definition) is 5. The van der Waals surface area contributed by atoms with E-state index < -0.39 is 4.92 Å². The summed E-state index contributed by atoms with van der Waals surface area (Å²) in [5.74, 6) is -0.215. The van der Waals surface area contributed by atoms with Crippen LogP contribution in [0.25, 0.3) is 11.8 Å². The van der Waals surface area contributed by atoms with Crippen LogP contribution in [0.1, 0.15) is 37.7 Å². The highest BCUT2D eigenvalue weighted by Gasteiger charge is 2.32. The van der Waals surface area contributed by atoms with E-state index in [4.69, 9.17) is 4.74 Å². The molecule has 0 saturated carbocycles. The number of methoxy groups -OCH3 is 1. The summed E-state index contributed by atoms with van der Waals surface area (Å²) in [7, 11) is 1.45. The molecule has 0 aliphatic heterocycles. The molecule has 0 unspecified atom stereocenters. The lowest BCUT2D eigenvalue weighted by Gasteiger charge is -2.13. The van der Waals surface area contributed by atoms with Crippen molar-refractivity contribution in [2.75, 3.05) is 7.11 Å². The quantitative estimate of drug-likeness (QED) is 0.278. The molecule has 0 fully saturated rings. The van der Waals surface area contributed by atoms with E-state index in [1.807, 2.05) is 24.5 Å². The molecule has 0 amide bonds. The van der Waals surface area contributed by atoms with Crippen LogP contribution in [0.2, 0.25) is 0 Å². The van der Waals surface area contributed by atoms with Crippen LogP contribution >= 0.6 is 0 Å². The van der Waals surface area contributed by atoms with Gasteiger partial charge >= 0.3 is 0 Å². The summed E-state index contributed by atoms with van der Waals surface area (Å²) in [5.41, 5.74) is 3.87. The monoisotopic (exact) mass is 402 g/mol. The normalized spacial score (nSPS) is 12.8. The third-order valence-electron chi connectivity index (χ3n) is 5.29. The fourth-order valence-electron chi connectivity index (χ4n) is 3.83. The fraction of sp³-hybridized carbons (Fsp3) is 0.130. The molecular formula is C23H18N2O5. The molecule has 7 nitrogen and oxygen atoms in total. The van der Waals surface area contributed by atoms with Crippen LogP contribution in [-0.4, -0.2) is 28.2 Å². The first-order valence-electron chi connectivity index (χ1n) is 9.25. The minimum atomic E-state index is -0.480. The second-order valence-electron chi connectivity index (χ2n) is 7.04. The molecule has 1 aliphatic rings. The molecule has 7 heteroatoms. The van der Waals surface area contributed by atoms with Gasteiger partial charge in [0.2, 0.25) is 0 Å². The Morgan fingerprint density at radius 2 is 1.63 bits per heavy atom. The molecule has 0 radical (unpaired) electrons. The second-order valence-corrected chi connectivity index (χ2v) is 7.04. The molecule has 3 aromatic rings. The van der Waals surface area contributed by atoms with Crippen LogP contribution in [0, 0.1) is 24.0 Å². The van der Waals surface area contributed by atoms with E-state index in [0.29, 0.717) is 22.6 Å². The third kappa shape index (κ3) is 2.91. The number of nitro benzene ring substituents is 1. The SMILES string of the molecule is COc1cc([N+](=O)[O-])ccc1-n1c(C)cc(C=C2C(=O)c3ccccc3C2=O)c1C. The van der Waals surface area contributed by atoms with Gasteiger partial charge in [-0.3, -0.25) is 19.7 Å². The molecule has 0 bridgehead atoms. The van der Waals surface area contributed by atoms with Gasteiger partial charge in [-0.25, -0.2) is 0 Å². The largest absolute Gasteiger partial charge is 0.494 e. The Morgan fingerprint density at radius 3 is 2.20 bits per heavy atom. The molecule has 0 atom stereocenters. The maximum absolute atomic E-state index is 12.7. The number of allylic oxidation sites excluding steroid dienone is 1. The topological polar surface area (TPSA) is 91.4 Å². The molecule has 4 rings (SSSR count). The number of ketones is 2. The molecule has 1 aliphatic carbocycles. The van der Waals surface area contributed by atoms with Crippen molar-refractivity contribution in [3.05, 3.63) is 92.3 Å². The predicted octanol–water partition coefficient (Wildman–Crippen LogP) is 4.47. The van der Waals surface area contributed by atoms with Gasteiger partial charge < -0.3 is 9.30 Å². The first-order valence-corrected chi connectivity index (χ1v) is 9.25. The molecule has 0 N–H and O–H groups in total. The highest BCUT2D eigenvalue weighted by atomic mass is 16.6. The van der Waals surface area contributed by atoms with Gasteiger partial charge in [0.15, 0.2) is 11.6 Å². The number of carbonyl (C=O) groups excluding carboxylic acids is 2. The van der Waals surface area contributed by atoms with Crippen LogP contribution in [0.3, 0.4) is 0 Å².